The van der Waals surface area contributed by atoms with Crippen molar-refractivity contribution in [2.75, 3.05) is 11.3 Å². The molecule has 1 aromatic carbocycles. The van der Waals surface area contributed by atoms with Crippen molar-refractivity contribution in [2.24, 2.45) is 0 Å². The molecular weight excluding hydrogens is 341 g/mol. The number of benzene rings is 1. The summed E-state index contributed by atoms with van der Waals surface area (Å²) in [5.74, 6) is 0. The molecule has 0 bridgehead atoms. The van der Waals surface area contributed by atoms with Crippen LogP contribution in [0.25, 0.3) is 0 Å². The molecule has 0 aliphatic carbocycles. The molecule has 2 N–H and O–H groups in total. The summed E-state index contributed by atoms with van der Waals surface area (Å²) in [4.78, 5) is 0.796. The van der Waals surface area contributed by atoms with Crippen LogP contribution in [0.2, 0.25) is 10.0 Å². The van der Waals surface area contributed by atoms with Crippen LogP contribution in [0.5, 0.6) is 0 Å². The van der Waals surface area contributed by atoms with E-state index in [0.717, 1.165) is 16.2 Å². The van der Waals surface area contributed by atoms with Crippen LogP contribution in [-0.2, 0) is 16.4 Å². The number of hydrogen-bond acceptors (Lipinski definition) is 4. The first-order valence-electron chi connectivity index (χ1n) is 5.60. The van der Waals surface area contributed by atoms with Crippen molar-refractivity contribution in [3.05, 3.63) is 45.3 Å². The molecule has 0 fully saturated rings. The number of anilines is 1. The second-order valence-electron chi connectivity index (χ2n) is 3.90. The highest BCUT2D eigenvalue weighted by Crippen LogP contribution is 2.32. The highest BCUT2D eigenvalue weighted by atomic mass is 35.5. The van der Waals surface area contributed by atoms with Crippen LogP contribution >= 0.6 is 34.5 Å². The van der Waals surface area contributed by atoms with Gasteiger partial charge in [-0.1, -0.05) is 29.3 Å². The normalized spacial score (nSPS) is 11.6. The number of aliphatic hydroxyl groups is 1. The van der Waals surface area contributed by atoms with Gasteiger partial charge in [0.05, 0.1) is 15.7 Å². The molecule has 1 heterocycles. The Kier molecular flexibility index (Phi) is 4.93. The highest BCUT2D eigenvalue weighted by molar-refractivity contribution is 7.94. The zero-order valence-electron chi connectivity index (χ0n) is 10.1. The molecule has 20 heavy (non-hydrogen) atoms. The van der Waals surface area contributed by atoms with Crippen LogP contribution in [0.1, 0.15) is 4.88 Å². The Bertz CT molecular complexity index is 713. The Morgan fingerprint density at radius 2 is 1.95 bits per heavy atom. The van der Waals surface area contributed by atoms with E-state index in [4.69, 9.17) is 28.3 Å². The molecule has 0 amide bonds. The summed E-state index contributed by atoms with van der Waals surface area (Å²) in [6.45, 7) is -0.0203. The van der Waals surface area contributed by atoms with E-state index in [9.17, 15) is 8.42 Å². The first-order chi connectivity index (χ1) is 9.44. The van der Waals surface area contributed by atoms with Crippen molar-refractivity contribution >= 4 is 50.2 Å². The third-order valence-corrected chi connectivity index (χ3v) is 6.28. The van der Waals surface area contributed by atoms with Crippen molar-refractivity contribution in [2.45, 2.75) is 10.6 Å². The molecule has 0 saturated heterocycles. The monoisotopic (exact) mass is 351 g/mol. The fraction of sp³-hybridized carbons (Fsp3) is 0.167. The van der Waals surface area contributed by atoms with Crippen molar-refractivity contribution in [3.8, 4) is 0 Å². The van der Waals surface area contributed by atoms with Gasteiger partial charge >= 0.3 is 0 Å². The van der Waals surface area contributed by atoms with E-state index >= 15 is 0 Å². The van der Waals surface area contributed by atoms with Crippen molar-refractivity contribution in [3.63, 3.8) is 0 Å². The fourth-order valence-corrected chi connectivity index (χ4v) is 4.34. The second-order valence-corrected chi connectivity index (χ2v) is 7.76. The Morgan fingerprint density at radius 3 is 2.65 bits per heavy atom. The third-order valence-electron chi connectivity index (χ3n) is 2.46. The van der Waals surface area contributed by atoms with Gasteiger partial charge in [-0.3, -0.25) is 4.72 Å². The number of thiophene rings is 1. The average Bonchev–Trinajstić information content (AvgIpc) is 2.85. The fourth-order valence-electron chi connectivity index (χ4n) is 1.52. The number of sulfonamides is 1. The van der Waals surface area contributed by atoms with Gasteiger partial charge in [-0.25, -0.2) is 8.42 Å². The highest BCUT2D eigenvalue weighted by Gasteiger charge is 2.18. The largest absolute Gasteiger partial charge is 0.396 e. The number of halogens is 2. The van der Waals surface area contributed by atoms with E-state index < -0.39 is 10.0 Å². The number of hydrogen-bond donors (Lipinski definition) is 2. The average molecular weight is 352 g/mol. The molecule has 4 nitrogen and oxygen atoms in total. The maximum Gasteiger partial charge on any atom is 0.271 e. The molecule has 108 valence electrons. The molecular formula is C12H11Cl2NO3S2. The smallest absolute Gasteiger partial charge is 0.271 e. The van der Waals surface area contributed by atoms with Gasteiger partial charge in [0.15, 0.2) is 0 Å². The standard InChI is InChI=1S/C12H11Cl2NO3S2/c13-9-2-1-3-10(12(9)14)15-20(17,18)11-5-4-8(19-11)6-7-16/h1-5,15-16H,6-7H2. The molecule has 0 spiro atoms. The summed E-state index contributed by atoms with van der Waals surface area (Å²) < 4.78 is 27.0. The van der Waals surface area contributed by atoms with E-state index in [-0.39, 0.29) is 26.5 Å². The molecule has 0 radical (unpaired) electrons. The maximum atomic E-state index is 12.2. The molecule has 8 heteroatoms. The first kappa shape index (κ1) is 15.6. The predicted octanol–water partition coefficient (Wildman–Crippen LogP) is 3.39. The predicted molar refractivity (Wildman–Crippen MR) is 82.4 cm³/mol. The SMILES string of the molecule is O=S(=O)(Nc1cccc(Cl)c1Cl)c1ccc(CCO)s1. The van der Waals surface area contributed by atoms with Crippen molar-refractivity contribution < 1.29 is 13.5 Å². The number of nitrogens with one attached hydrogen (secondary N) is 1. The summed E-state index contributed by atoms with van der Waals surface area (Å²) in [6, 6.07) is 7.89. The summed E-state index contributed by atoms with van der Waals surface area (Å²) in [5, 5.41) is 9.28. The zero-order valence-corrected chi connectivity index (χ0v) is 13.3. The lowest BCUT2D eigenvalue weighted by Gasteiger charge is -2.08. The van der Waals surface area contributed by atoms with Crippen LogP contribution in [-0.4, -0.2) is 20.1 Å². The van der Waals surface area contributed by atoms with Gasteiger partial charge in [0, 0.05) is 17.9 Å². The van der Waals surface area contributed by atoms with Gasteiger partial charge in [0.2, 0.25) is 0 Å². The van der Waals surface area contributed by atoms with Crippen LogP contribution in [0.3, 0.4) is 0 Å². The molecule has 0 atom stereocenters. The Balaban J connectivity index is 2.28. The van der Waals surface area contributed by atoms with E-state index in [1.165, 1.54) is 12.1 Å². The van der Waals surface area contributed by atoms with Crippen LogP contribution in [0, 0.1) is 0 Å². The molecule has 0 aliphatic heterocycles. The lowest BCUT2D eigenvalue weighted by Crippen LogP contribution is -2.11. The van der Waals surface area contributed by atoms with E-state index in [1.807, 2.05) is 0 Å². The minimum absolute atomic E-state index is 0.0203. The first-order valence-corrected chi connectivity index (χ1v) is 8.66. The van der Waals surface area contributed by atoms with Crippen molar-refractivity contribution in [1.82, 2.24) is 0 Å². The van der Waals surface area contributed by atoms with Crippen molar-refractivity contribution in [1.29, 1.82) is 0 Å². The minimum atomic E-state index is -3.71. The van der Waals surface area contributed by atoms with Gasteiger partial charge in [-0.2, -0.15) is 0 Å². The lowest BCUT2D eigenvalue weighted by atomic mass is 10.3. The quantitative estimate of drug-likeness (QED) is 0.867. The number of rotatable bonds is 5. The molecule has 2 rings (SSSR count). The minimum Gasteiger partial charge on any atom is -0.396 e. The van der Waals surface area contributed by atoms with E-state index in [0.29, 0.717) is 6.42 Å². The van der Waals surface area contributed by atoms with E-state index in [1.54, 1.807) is 18.2 Å². The van der Waals surface area contributed by atoms with E-state index in [2.05, 4.69) is 4.72 Å². The summed E-state index contributed by atoms with van der Waals surface area (Å²) >= 11 is 12.9. The second kappa shape index (κ2) is 6.32. The Morgan fingerprint density at radius 1 is 1.20 bits per heavy atom. The molecule has 0 unspecified atom stereocenters. The topological polar surface area (TPSA) is 66.4 Å². The molecule has 2 aromatic rings. The summed E-state index contributed by atoms with van der Waals surface area (Å²) in [7, 11) is -3.71. The molecule has 1 aromatic heterocycles. The summed E-state index contributed by atoms with van der Waals surface area (Å²) in [6.07, 6.45) is 0.429. The molecule has 0 saturated carbocycles. The number of aliphatic hydroxyl groups excluding tert-OH is 1. The summed E-state index contributed by atoms with van der Waals surface area (Å²) in [5.41, 5.74) is 0.233. The zero-order chi connectivity index (χ0) is 14.8. The Labute approximate surface area is 131 Å². The van der Waals surface area contributed by atoms with Crippen LogP contribution < -0.4 is 4.72 Å². The Hall–Kier alpha value is -0.790. The van der Waals surface area contributed by atoms with Gasteiger partial charge in [0.25, 0.3) is 10.0 Å². The third kappa shape index (κ3) is 3.45. The molecule has 0 aliphatic rings. The van der Waals surface area contributed by atoms with Gasteiger partial charge < -0.3 is 5.11 Å². The van der Waals surface area contributed by atoms with Crippen LogP contribution in [0.4, 0.5) is 5.69 Å². The van der Waals surface area contributed by atoms with Gasteiger partial charge in [0.1, 0.15) is 4.21 Å². The van der Waals surface area contributed by atoms with Gasteiger partial charge in [-0.05, 0) is 24.3 Å². The van der Waals surface area contributed by atoms with Crippen LogP contribution in [0.15, 0.2) is 34.5 Å². The lowest BCUT2D eigenvalue weighted by molar-refractivity contribution is 0.300. The maximum absolute atomic E-state index is 12.2. The van der Waals surface area contributed by atoms with Gasteiger partial charge in [-0.15, -0.1) is 11.3 Å².